The van der Waals surface area contributed by atoms with Crippen LogP contribution in [0.5, 0.6) is 5.75 Å². The largest absolute Gasteiger partial charge is 0.493 e. The Balaban J connectivity index is 2.40. The second-order valence-corrected chi connectivity index (χ2v) is 6.99. The van der Waals surface area contributed by atoms with Gasteiger partial charge in [0.25, 0.3) is 0 Å². The van der Waals surface area contributed by atoms with Crippen molar-refractivity contribution in [2.75, 3.05) is 18.9 Å². The molecule has 4 nitrogen and oxygen atoms in total. The molecule has 0 aliphatic rings. The molecule has 0 aliphatic heterocycles. The molecule has 1 aromatic carbocycles. The number of nitrogens with one attached hydrogen (secondary N) is 1. The maximum atomic E-state index is 11.3. The fourth-order valence-corrected chi connectivity index (χ4v) is 2.09. The van der Waals surface area contributed by atoms with Gasteiger partial charge in [0.2, 0.25) is 10.0 Å². The smallest absolute Gasteiger partial charge is 0.211 e. The van der Waals surface area contributed by atoms with Crippen LogP contribution >= 0.6 is 0 Å². The van der Waals surface area contributed by atoms with Crippen LogP contribution in [0.1, 0.15) is 26.3 Å². The van der Waals surface area contributed by atoms with Gasteiger partial charge in [0.15, 0.2) is 0 Å². The molecule has 0 amide bonds. The van der Waals surface area contributed by atoms with E-state index in [4.69, 9.17) is 4.74 Å². The molecule has 0 aromatic heterocycles. The Bertz CT molecular complexity index is 466. The van der Waals surface area contributed by atoms with Gasteiger partial charge in [-0.05, 0) is 37.0 Å². The topological polar surface area (TPSA) is 55.4 Å². The third-order valence-electron chi connectivity index (χ3n) is 2.62. The Morgan fingerprint density at radius 1 is 1.21 bits per heavy atom. The minimum atomic E-state index is -3.09. The SMILES string of the molecule is CCS(=O)(=O)NCCc1ccc(OCC(C)C)cc1. The van der Waals surface area contributed by atoms with Crippen LogP contribution < -0.4 is 9.46 Å². The van der Waals surface area contributed by atoms with Crippen LogP contribution in [0.2, 0.25) is 0 Å². The highest BCUT2D eigenvalue weighted by Crippen LogP contribution is 2.13. The van der Waals surface area contributed by atoms with Gasteiger partial charge in [0, 0.05) is 6.54 Å². The van der Waals surface area contributed by atoms with E-state index in [0.717, 1.165) is 11.3 Å². The van der Waals surface area contributed by atoms with Gasteiger partial charge in [-0.15, -0.1) is 0 Å². The Morgan fingerprint density at radius 2 is 1.84 bits per heavy atom. The first-order chi connectivity index (χ1) is 8.93. The van der Waals surface area contributed by atoms with Crippen molar-refractivity contribution in [1.82, 2.24) is 4.72 Å². The second-order valence-electron chi connectivity index (χ2n) is 4.90. The predicted molar refractivity (Wildman–Crippen MR) is 77.9 cm³/mol. The van der Waals surface area contributed by atoms with Gasteiger partial charge < -0.3 is 4.74 Å². The molecule has 108 valence electrons. The molecule has 0 radical (unpaired) electrons. The highest BCUT2D eigenvalue weighted by Gasteiger charge is 2.05. The van der Waals surface area contributed by atoms with E-state index in [1.807, 2.05) is 24.3 Å². The van der Waals surface area contributed by atoms with Crippen molar-refractivity contribution < 1.29 is 13.2 Å². The van der Waals surface area contributed by atoms with Crippen LogP contribution in [0.3, 0.4) is 0 Å². The van der Waals surface area contributed by atoms with Crippen molar-refractivity contribution in [3.63, 3.8) is 0 Å². The summed E-state index contributed by atoms with van der Waals surface area (Å²) in [7, 11) is -3.09. The lowest BCUT2D eigenvalue weighted by Crippen LogP contribution is -2.27. The van der Waals surface area contributed by atoms with Gasteiger partial charge in [-0.2, -0.15) is 0 Å². The lowest BCUT2D eigenvalue weighted by molar-refractivity contribution is 0.271. The normalized spacial score (nSPS) is 11.8. The highest BCUT2D eigenvalue weighted by atomic mass is 32.2. The van der Waals surface area contributed by atoms with Crippen LogP contribution in [0.4, 0.5) is 0 Å². The number of ether oxygens (including phenoxy) is 1. The third-order valence-corrected chi connectivity index (χ3v) is 4.03. The van der Waals surface area contributed by atoms with E-state index in [1.54, 1.807) is 6.92 Å². The first kappa shape index (κ1) is 16.0. The zero-order valence-electron chi connectivity index (χ0n) is 11.8. The van der Waals surface area contributed by atoms with Crippen molar-refractivity contribution in [2.45, 2.75) is 27.2 Å². The lowest BCUT2D eigenvalue weighted by Gasteiger charge is -2.09. The molecule has 0 saturated carbocycles. The van der Waals surface area contributed by atoms with Gasteiger partial charge >= 0.3 is 0 Å². The Kier molecular flexibility index (Phi) is 6.31. The summed E-state index contributed by atoms with van der Waals surface area (Å²) in [4.78, 5) is 0. The molecule has 19 heavy (non-hydrogen) atoms. The minimum Gasteiger partial charge on any atom is -0.493 e. The molecule has 0 aliphatic carbocycles. The van der Waals surface area contributed by atoms with Crippen molar-refractivity contribution in [1.29, 1.82) is 0 Å². The van der Waals surface area contributed by atoms with Crippen LogP contribution in [0.25, 0.3) is 0 Å². The monoisotopic (exact) mass is 285 g/mol. The first-order valence-corrected chi connectivity index (χ1v) is 8.27. The summed E-state index contributed by atoms with van der Waals surface area (Å²) < 4.78 is 30.7. The van der Waals surface area contributed by atoms with E-state index >= 15 is 0 Å². The number of hydrogen-bond donors (Lipinski definition) is 1. The molecule has 0 saturated heterocycles. The van der Waals surface area contributed by atoms with E-state index in [1.165, 1.54) is 0 Å². The molecular weight excluding hydrogens is 262 g/mol. The van der Waals surface area contributed by atoms with Crippen LogP contribution in [0, 0.1) is 5.92 Å². The van der Waals surface area contributed by atoms with Gasteiger partial charge in [0.1, 0.15) is 5.75 Å². The predicted octanol–water partition coefficient (Wildman–Crippen LogP) is 2.20. The molecule has 5 heteroatoms. The maximum Gasteiger partial charge on any atom is 0.211 e. The zero-order chi connectivity index (χ0) is 14.3. The molecule has 0 heterocycles. The molecule has 0 unspecified atom stereocenters. The molecule has 0 atom stereocenters. The summed E-state index contributed by atoms with van der Waals surface area (Å²) in [6.07, 6.45) is 0.684. The van der Waals surface area contributed by atoms with Crippen molar-refractivity contribution in [3.05, 3.63) is 29.8 Å². The molecule has 0 bridgehead atoms. The molecule has 1 N–H and O–H groups in total. The van der Waals surface area contributed by atoms with Gasteiger partial charge in [-0.1, -0.05) is 26.0 Å². The van der Waals surface area contributed by atoms with Crippen LogP contribution in [0.15, 0.2) is 24.3 Å². The lowest BCUT2D eigenvalue weighted by atomic mass is 10.1. The average Bonchev–Trinajstić information content (AvgIpc) is 2.37. The number of hydrogen-bond acceptors (Lipinski definition) is 3. The van der Waals surface area contributed by atoms with Crippen molar-refractivity contribution in [3.8, 4) is 5.75 Å². The van der Waals surface area contributed by atoms with E-state index in [9.17, 15) is 8.42 Å². The van der Waals surface area contributed by atoms with E-state index in [0.29, 0.717) is 25.5 Å². The fourth-order valence-electron chi connectivity index (χ4n) is 1.47. The third kappa shape index (κ3) is 6.59. The standard InChI is InChI=1S/C14H23NO3S/c1-4-19(16,17)15-10-9-13-5-7-14(8-6-13)18-11-12(2)3/h5-8,12,15H,4,9-11H2,1-3H3. The Morgan fingerprint density at radius 3 is 2.37 bits per heavy atom. The summed E-state index contributed by atoms with van der Waals surface area (Å²) in [5, 5.41) is 0. The number of rotatable bonds is 8. The number of sulfonamides is 1. The van der Waals surface area contributed by atoms with E-state index in [-0.39, 0.29) is 5.75 Å². The Hall–Kier alpha value is -1.07. The Labute approximate surface area is 116 Å². The summed E-state index contributed by atoms with van der Waals surface area (Å²) in [5.74, 6) is 1.48. The van der Waals surface area contributed by atoms with Crippen LogP contribution in [-0.4, -0.2) is 27.3 Å². The highest BCUT2D eigenvalue weighted by molar-refractivity contribution is 7.89. The minimum absolute atomic E-state index is 0.120. The van der Waals surface area contributed by atoms with E-state index in [2.05, 4.69) is 18.6 Å². The average molecular weight is 285 g/mol. The summed E-state index contributed by atoms with van der Waals surface area (Å²) in [6, 6.07) is 7.78. The fraction of sp³-hybridized carbons (Fsp3) is 0.571. The second kappa shape index (κ2) is 7.50. The summed E-state index contributed by atoms with van der Waals surface area (Å²) in [5.41, 5.74) is 1.09. The van der Waals surface area contributed by atoms with Crippen molar-refractivity contribution >= 4 is 10.0 Å². The van der Waals surface area contributed by atoms with Gasteiger partial charge in [-0.3, -0.25) is 0 Å². The molecule has 0 spiro atoms. The van der Waals surface area contributed by atoms with E-state index < -0.39 is 10.0 Å². The summed E-state index contributed by atoms with van der Waals surface area (Å²) >= 11 is 0. The molecular formula is C14H23NO3S. The summed E-state index contributed by atoms with van der Waals surface area (Å²) in [6.45, 7) is 6.98. The maximum absolute atomic E-state index is 11.3. The molecule has 1 rings (SSSR count). The zero-order valence-corrected chi connectivity index (χ0v) is 12.7. The first-order valence-electron chi connectivity index (χ1n) is 6.62. The van der Waals surface area contributed by atoms with Gasteiger partial charge in [-0.25, -0.2) is 13.1 Å². The molecule has 0 fully saturated rings. The number of benzene rings is 1. The quantitative estimate of drug-likeness (QED) is 0.796. The molecule has 1 aromatic rings. The van der Waals surface area contributed by atoms with Crippen molar-refractivity contribution in [2.24, 2.45) is 5.92 Å². The van der Waals surface area contributed by atoms with Crippen LogP contribution in [-0.2, 0) is 16.4 Å². The van der Waals surface area contributed by atoms with Gasteiger partial charge in [0.05, 0.1) is 12.4 Å².